The Morgan fingerprint density at radius 2 is 0.471 bits per heavy atom. The summed E-state index contributed by atoms with van der Waals surface area (Å²) in [5, 5.41) is 0. The molecule has 104 valence electrons. The van der Waals surface area contributed by atoms with E-state index in [1.807, 2.05) is 0 Å². The molecule has 0 aromatic rings. The van der Waals surface area contributed by atoms with Gasteiger partial charge in [0.25, 0.3) is 0 Å². The van der Waals surface area contributed by atoms with Gasteiger partial charge in [-0.1, -0.05) is 0 Å². The first-order chi connectivity index (χ1) is 6.00. The third kappa shape index (κ3) is 1770. The van der Waals surface area contributed by atoms with Gasteiger partial charge in [-0.05, 0) is 0 Å². The molecule has 0 rings (SSSR count). The Morgan fingerprint density at radius 1 is 0.471 bits per heavy atom. The van der Waals surface area contributed by atoms with E-state index in [-0.39, 0.29) is 43.2 Å². The molecule has 17 heavy (non-hydrogen) atoms. The minimum Gasteiger partial charge on any atom is -0.870 e. The molecule has 0 atom stereocenters. The summed E-state index contributed by atoms with van der Waals surface area (Å²) in [7, 11) is -16.2. The summed E-state index contributed by atoms with van der Waals surface area (Å²) in [5.74, 6) is 0. The van der Waals surface area contributed by atoms with E-state index < -0.39 is 23.5 Å². The van der Waals surface area contributed by atoms with Crippen LogP contribution in [0.5, 0.6) is 0 Å². The molecule has 1 N–H and O–H groups in total. The molecule has 0 aliphatic carbocycles. The second-order valence-electron chi connectivity index (χ2n) is 1.34. The van der Waals surface area contributed by atoms with Gasteiger partial charge in [-0.25, -0.2) is 0 Å². The maximum atomic E-state index is 8.55. The Kier molecular flexibility index (Phi) is 23.0. The van der Waals surface area contributed by atoms with Crippen molar-refractivity contribution in [3.05, 3.63) is 0 Å². The second kappa shape index (κ2) is 12.6. The van der Waals surface area contributed by atoms with Crippen molar-refractivity contribution in [2.24, 2.45) is 0 Å². The number of rotatable bonds is 0. The van der Waals surface area contributed by atoms with Crippen LogP contribution in [0.25, 0.3) is 0 Å². The number of hydrogen-bond acceptors (Lipinski definition) is 13. The summed E-state index contributed by atoms with van der Waals surface area (Å²) in [6.07, 6.45) is 0. The molecule has 17 heteroatoms. The molecular weight excluding hydrogens is 341 g/mol. The summed E-state index contributed by atoms with van der Waals surface area (Å²) in [6, 6.07) is 0. The van der Waals surface area contributed by atoms with E-state index in [1.165, 1.54) is 0 Å². The fourth-order valence-electron chi connectivity index (χ4n) is 0. The monoisotopic (exact) mass is 342 g/mol. The van der Waals surface area contributed by atoms with Gasteiger partial charge in [-0.3, -0.25) is 0 Å². The second-order valence-corrected chi connectivity index (χ2v) is 4.02. The van der Waals surface area contributed by atoms with Crippen LogP contribution in [-0.2, 0) is 13.7 Å². The molecule has 0 aromatic heterocycles. The van der Waals surface area contributed by atoms with Gasteiger partial charge in [0, 0.05) is 0 Å². The average Bonchev–Trinajstić information content (AvgIpc) is 1.41. The van der Waals surface area contributed by atoms with Crippen LogP contribution in [-0.4, -0.2) is 43.2 Å². The van der Waals surface area contributed by atoms with Crippen molar-refractivity contribution in [3.8, 4) is 0 Å². The van der Waals surface area contributed by atoms with E-state index in [0.717, 1.165) is 0 Å². The van der Waals surface area contributed by atoms with Gasteiger partial charge in [0.15, 0.2) is 0 Å². The van der Waals surface area contributed by atoms with Gasteiger partial charge < -0.3 is 63.2 Å². The summed E-state index contributed by atoms with van der Waals surface area (Å²) >= 11 is 0. The van der Waals surface area contributed by atoms with Gasteiger partial charge in [-0.2, -0.15) is 23.5 Å². The third-order valence-corrected chi connectivity index (χ3v) is 0. The Bertz CT molecular complexity index is 203. The van der Waals surface area contributed by atoms with E-state index in [9.17, 15) is 0 Å². The van der Waals surface area contributed by atoms with E-state index in [2.05, 4.69) is 0 Å². The summed E-state index contributed by atoms with van der Waals surface area (Å²) in [4.78, 5) is 76.9. The molecule has 0 saturated heterocycles. The minimum atomic E-state index is -5.39. The molecule has 0 aliphatic rings. The molecule has 0 radical (unpaired) electrons. The van der Waals surface area contributed by atoms with Crippen molar-refractivity contribution in [3.63, 3.8) is 0 Å². The van der Waals surface area contributed by atoms with Gasteiger partial charge in [0.05, 0.1) is 0 Å². The SMILES string of the molecule is O=P([O-])([O-])[O-].O=P([O-])([O-])[O-].O=P([O-])([O-])[O-].[Ca+2].[OH-]. The van der Waals surface area contributed by atoms with E-state index in [0.29, 0.717) is 0 Å². The molecule has 0 heterocycles. The first kappa shape index (κ1) is 31.1. The quantitative estimate of drug-likeness (QED) is 0.292. The van der Waals surface area contributed by atoms with E-state index >= 15 is 0 Å². The predicted molar refractivity (Wildman–Crippen MR) is 30.5 cm³/mol. The maximum absolute atomic E-state index is 8.55. The normalized spacial score (nSPS) is 10.4. The topological polar surface area (TPSA) is 289 Å². The fourth-order valence-corrected chi connectivity index (χ4v) is 0. The first-order valence-corrected chi connectivity index (χ1v) is 6.57. The van der Waals surface area contributed by atoms with Crippen LogP contribution in [0.1, 0.15) is 0 Å². The van der Waals surface area contributed by atoms with Crippen molar-refractivity contribution in [1.82, 2.24) is 0 Å². The Morgan fingerprint density at radius 3 is 0.471 bits per heavy atom. The molecule has 0 aromatic carbocycles. The molecular formula is HCaO13P3-8. The molecule has 0 amide bonds. The van der Waals surface area contributed by atoms with Gasteiger partial charge in [-0.15, -0.1) is 0 Å². The molecule has 13 nitrogen and oxygen atoms in total. The third-order valence-electron chi connectivity index (χ3n) is 0. The fraction of sp³-hybridized carbons (Fsp3) is 0. The van der Waals surface area contributed by atoms with Crippen molar-refractivity contribution in [2.45, 2.75) is 0 Å². The maximum Gasteiger partial charge on any atom is 2.00 e. The molecule has 0 bridgehead atoms. The predicted octanol–water partition coefficient (Wildman–Crippen LogP) is -9.03. The van der Waals surface area contributed by atoms with Gasteiger partial charge in [0.1, 0.15) is 0 Å². The molecule has 0 saturated carbocycles. The zero-order valence-electron chi connectivity index (χ0n) is 7.39. The smallest absolute Gasteiger partial charge is 0.870 e. The van der Waals surface area contributed by atoms with E-state index in [4.69, 9.17) is 57.7 Å². The number of hydrogen-bond donors (Lipinski definition) is 0. The molecule has 0 aliphatic heterocycles. The van der Waals surface area contributed by atoms with E-state index in [1.54, 1.807) is 0 Å². The van der Waals surface area contributed by atoms with Crippen LogP contribution in [0.3, 0.4) is 0 Å². The molecule has 0 fully saturated rings. The summed E-state index contributed by atoms with van der Waals surface area (Å²) in [5.41, 5.74) is 0. The Labute approximate surface area is 124 Å². The number of phosphoric acid groups is 3. The molecule has 0 unspecified atom stereocenters. The summed E-state index contributed by atoms with van der Waals surface area (Å²) < 4.78 is 25.6. The van der Waals surface area contributed by atoms with Gasteiger partial charge >= 0.3 is 37.7 Å². The van der Waals surface area contributed by atoms with Crippen molar-refractivity contribution in [1.29, 1.82) is 0 Å². The Hall–Kier alpha value is 1.55. The zero-order chi connectivity index (χ0) is 13.5. The zero-order valence-corrected chi connectivity index (χ0v) is 12.3. The average molecular weight is 342 g/mol. The standard InChI is InChI=1S/Ca.3H3O4P.H2O/c;3*1-5(2,3)4;/h;3*(H3,1,2,3,4);1H2/q+2;;;;/p-10. The minimum absolute atomic E-state index is 0. The van der Waals surface area contributed by atoms with Crippen molar-refractivity contribution >= 4 is 61.2 Å². The van der Waals surface area contributed by atoms with Crippen LogP contribution in [0, 0.1) is 0 Å². The van der Waals surface area contributed by atoms with Crippen molar-refractivity contribution in [2.75, 3.05) is 0 Å². The van der Waals surface area contributed by atoms with Crippen LogP contribution in [0.2, 0.25) is 0 Å². The van der Waals surface area contributed by atoms with Crippen LogP contribution < -0.4 is 44.0 Å². The Balaban J connectivity index is -0.0000000400. The largest absolute Gasteiger partial charge is 2.00 e. The van der Waals surface area contributed by atoms with Gasteiger partial charge in [0.2, 0.25) is 0 Å². The van der Waals surface area contributed by atoms with Crippen LogP contribution in [0.4, 0.5) is 0 Å². The van der Waals surface area contributed by atoms with Crippen molar-refractivity contribution < 1.29 is 63.2 Å². The summed E-state index contributed by atoms with van der Waals surface area (Å²) in [6.45, 7) is 0. The first-order valence-electron chi connectivity index (χ1n) is 2.19. The van der Waals surface area contributed by atoms with Crippen LogP contribution in [0.15, 0.2) is 0 Å². The molecule has 0 spiro atoms. The van der Waals surface area contributed by atoms with Crippen LogP contribution >= 0.6 is 23.5 Å².